The molecule has 0 aromatic heterocycles. The fourth-order valence-electron chi connectivity index (χ4n) is 5.19. The molecule has 1 aliphatic rings. The molecule has 198 valence electrons. The van der Waals surface area contributed by atoms with E-state index >= 15 is 0 Å². The molecular weight excluding hydrogens is 516 g/mol. The van der Waals surface area contributed by atoms with Gasteiger partial charge in [-0.3, -0.25) is 14.6 Å². The van der Waals surface area contributed by atoms with Crippen molar-refractivity contribution in [1.82, 2.24) is 9.80 Å². The highest BCUT2D eigenvalue weighted by Crippen LogP contribution is 2.37. The lowest BCUT2D eigenvalue weighted by Gasteiger charge is -2.47. The van der Waals surface area contributed by atoms with Gasteiger partial charge in [0.25, 0.3) is 5.24 Å². The molecule has 0 saturated carbocycles. The van der Waals surface area contributed by atoms with Crippen LogP contribution in [0.2, 0.25) is 13.1 Å². The second-order valence-electron chi connectivity index (χ2n) is 10.3. The summed E-state index contributed by atoms with van der Waals surface area (Å²) in [5.74, 6) is 0. The number of halogens is 1. The highest BCUT2D eigenvalue weighted by Gasteiger charge is 2.37. The van der Waals surface area contributed by atoms with Crippen molar-refractivity contribution in [3.05, 3.63) is 83.4 Å². The van der Waals surface area contributed by atoms with E-state index in [9.17, 15) is 4.79 Å². The maximum atomic E-state index is 12.1. The summed E-state index contributed by atoms with van der Waals surface area (Å²) in [5.41, 5.74) is 3.57. The van der Waals surface area contributed by atoms with Gasteiger partial charge in [-0.25, -0.2) is 0 Å². The number of benzene rings is 2. The molecule has 0 bridgehead atoms. The second-order valence-corrected chi connectivity index (χ2v) is 11.9. The minimum Gasteiger partial charge on any atom is -0.393 e. The predicted octanol–water partition coefficient (Wildman–Crippen LogP) is 5.71. The normalized spacial score (nSPS) is 20.2. The maximum absolute atomic E-state index is 12.1. The van der Waals surface area contributed by atoms with Crippen LogP contribution in [0.1, 0.15) is 60.8 Å². The second kappa shape index (κ2) is 13.5. The fraction of sp³-hybridized carbons (Fsp3) is 0.483. The van der Waals surface area contributed by atoms with E-state index in [-0.39, 0.29) is 17.7 Å². The van der Waals surface area contributed by atoms with Crippen molar-refractivity contribution in [1.29, 1.82) is 0 Å². The van der Waals surface area contributed by atoms with Crippen molar-refractivity contribution in [2.75, 3.05) is 19.6 Å². The van der Waals surface area contributed by atoms with E-state index in [2.05, 4.69) is 74.4 Å². The molecule has 2 aromatic rings. The molecule has 0 unspecified atom stereocenters. The van der Waals surface area contributed by atoms with Gasteiger partial charge in [-0.15, -0.1) is 6.58 Å². The van der Waals surface area contributed by atoms with Crippen molar-refractivity contribution in [3.63, 3.8) is 0 Å². The topological polar surface area (TPSA) is 42.0 Å². The smallest absolute Gasteiger partial charge is 0.252 e. The molecular formula is C29H39ClN2O3Si2. The number of nitrogens with zero attached hydrogens (tertiary/aromatic N) is 2. The van der Waals surface area contributed by atoms with Crippen LogP contribution in [0.15, 0.2) is 61.2 Å². The molecule has 0 amide bonds. The molecule has 1 aliphatic heterocycles. The summed E-state index contributed by atoms with van der Waals surface area (Å²) < 4.78 is 12.1. The first kappa shape index (κ1) is 30.0. The number of carbonyl (C=O) groups is 1. The standard InChI is InChI=1S/C29H39ClN2O3Si2/c1-8-15-31-18-21(3)32(19-20(31)2)26(22-11-9-13-24(16-22)27(30)33)23-12-10-14-25(17-23)29(4,5)28(34-36-6)35-37-7/h8-14,16-17,20-21,26,28H,1,15,18-19H2,2-7H3/t20-,21+,26+/m1/s1. The Kier molecular flexibility index (Phi) is 10.9. The van der Waals surface area contributed by atoms with Gasteiger partial charge < -0.3 is 8.85 Å². The Morgan fingerprint density at radius 1 is 1.08 bits per heavy atom. The molecule has 3 rings (SSSR count). The van der Waals surface area contributed by atoms with Gasteiger partial charge in [-0.05, 0) is 61.3 Å². The monoisotopic (exact) mass is 554 g/mol. The third-order valence-electron chi connectivity index (χ3n) is 7.27. The quantitative estimate of drug-likeness (QED) is 0.145. The Balaban J connectivity index is 2.10. The Labute approximate surface area is 233 Å². The van der Waals surface area contributed by atoms with Crippen molar-refractivity contribution in [2.24, 2.45) is 0 Å². The summed E-state index contributed by atoms with van der Waals surface area (Å²) in [5, 5.41) is -0.439. The van der Waals surface area contributed by atoms with Gasteiger partial charge in [-0.1, -0.05) is 62.4 Å². The van der Waals surface area contributed by atoms with E-state index in [1.807, 2.05) is 31.3 Å². The molecule has 8 heteroatoms. The van der Waals surface area contributed by atoms with Crippen LogP contribution in [-0.4, -0.2) is 72.6 Å². The van der Waals surface area contributed by atoms with Gasteiger partial charge in [-0.2, -0.15) is 0 Å². The summed E-state index contributed by atoms with van der Waals surface area (Å²) in [4.78, 5) is 17.1. The molecule has 1 saturated heterocycles. The molecule has 0 spiro atoms. The minimum absolute atomic E-state index is 0.0311. The van der Waals surface area contributed by atoms with Crippen LogP contribution < -0.4 is 0 Å². The van der Waals surface area contributed by atoms with Crippen molar-refractivity contribution < 1.29 is 13.6 Å². The van der Waals surface area contributed by atoms with Crippen molar-refractivity contribution in [2.45, 2.75) is 70.6 Å². The van der Waals surface area contributed by atoms with Crippen molar-refractivity contribution >= 4 is 36.4 Å². The molecule has 0 N–H and O–H groups in total. The number of hydrogen-bond donors (Lipinski definition) is 0. The van der Waals surface area contributed by atoms with Gasteiger partial charge in [0.05, 0.1) is 6.04 Å². The van der Waals surface area contributed by atoms with Gasteiger partial charge in [0.2, 0.25) is 19.5 Å². The minimum atomic E-state index is -0.439. The molecule has 5 nitrogen and oxygen atoms in total. The molecule has 4 radical (unpaired) electrons. The van der Waals surface area contributed by atoms with Crippen LogP contribution in [0.25, 0.3) is 0 Å². The zero-order valence-corrected chi connectivity index (χ0v) is 25.6. The van der Waals surface area contributed by atoms with E-state index in [1.165, 1.54) is 5.56 Å². The SMILES string of the molecule is C=CCN1C[C@H](C)N([C@@H](c2cccc(C(=O)Cl)c2)c2cccc(C(C)(C)C(O[Si]C)O[Si]C)c2)C[C@H]1C. The van der Waals surface area contributed by atoms with Crippen LogP contribution in [-0.2, 0) is 14.3 Å². The lowest BCUT2D eigenvalue weighted by molar-refractivity contribution is -0.0433. The van der Waals surface area contributed by atoms with Gasteiger partial charge in [0, 0.05) is 42.7 Å². The Hall–Kier alpha value is -1.59. The zero-order chi connectivity index (χ0) is 27.2. The summed E-state index contributed by atoms with van der Waals surface area (Å²) >= 11 is 5.90. The summed E-state index contributed by atoms with van der Waals surface area (Å²) in [6, 6.07) is 17.1. The summed E-state index contributed by atoms with van der Waals surface area (Å²) in [6.45, 7) is 19.6. The van der Waals surface area contributed by atoms with Crippen LogP contribution in [0.4, 0.5) is 0 Å². The van der Waals surface area contributed by atoms with E-state index < -0.39 is 5.24 Å². The van der Waals surface area contributed by atoms with Gasteiger partial charge in [0.15, 0.2) is 0 Å². The predicted molar refractivity (Wildman–Crippen MR) is 155 cm³/mol. The lowest BCUT2D eigenvalue weighted by atomic mass is 9.81. The average molecular weight is 555 g/mol. The average Bonchev–Trinajstić information content (AvgIpc) is 2.87. The number of carbonyl (C=O) groups excluding carboxylic acids is 1. The van der Waals surface area contributed by atoms with Crippen LogP contribution in [0.3, 0.4) is 0 Å². The Morgan fingerprint density at radius 3 is 2.30 bits per heavy atom. The van der Waals surface area contributed by atoms with Crippen molar-refractivity contribution in [3.8, 4) is 0 Å². The van der Waals surface area contributed by atoms with Gasteiger partial charge >= 0.3 is 0 Å². The first-order valence-electron chi connectivity index (χ1n) is 12.8. The zero-order valence-electron chi connectivity index (χ0n) is 22.8. The summed E-state index contributed by atoms with van der Waals surface area (Å²) in [7, 11) is 0.684. The van der Waals surface area contributed by atoms with E-state index in [1.54, 1.807) is 6.07 Å². The molecule has 3 atom stereocenters. The molecule has 1 fully saturated rings. The highest BCUT2D eigenvalue weighted by molar-refractivity contribution is 6.67. The fourth-order valence-corrected chi connectivity index (χ4v) is 6.52. The highest BCUT2D eigenvalue weighted by atomic mass is 35.5. The third kappa shape index (κ3) is 7.09. The first-order valence-corrected chi connectivity index (χ1v) is 16.0. The number of piperazine rings is 1. The third-order valence-corrected chi connectivity index (χ3v) is 8.39. The lowest BCUT2D eigenvalue weighted by Crippen LogP contribution is -2.57. The Morgan fingerprint density at radius 2 is 1.70 bits per heavy atom. The van der Waals surface area contributed by atoms with Gasteiger partial charge in [0.1, 0.15) is 6.29 Å². The number of hydrogen-bond acceptors (Lipinski definition) is 5. The number of rotatable bonds is 12. The molecule has 37 heavy (non-hydrogen) atoms. The molecule has 2 aromatic carbocycles. The largest absolute Gasteiger partial charge is 0.393 e. The van der Waals surface area contributed by atoms with Crippen LogP contribution >= 0.6 is 11.6 Å². The van der Waals surface area contributed by atoms with Crippen LogP contribution in [0, 0.1) is 0 Å². The van der Waals surface area contributed by atoms with E-state index in [0.29, 0.717) is 37.2 Å². The van der Waals surface area contributed by atoms with E-state index in [0.717, 1.165) is 30.8 Å². The first-order chi connectivity index (χ1) is 17.6. The van der Waals surface area contributed by atoms with E-state index in [4.69, 9.17) is 20.5 Å². The summed E-state index contributed by atoms with van der Waals surface area (Å²) in [6.07, 6.45) is 1.65. The van der Waals surface area contributed by atoms with Crippen LogP contribution in [0.5, 0.6) is 0 Å². The maximum Gasteiger partial charge on any atom is 0.252 e. The Bertz CT molecular complexity index is 1060. The molecule has 0 aliphatic carbocycles. The molecule has 1 heterocycles.